The number of hydrogen-bond donors (Lipinski definition) is 2. The predicted molar refractivity (Wildman–Crippen MR) is 62.4 cm³/mol. The molecule has 0 aliphatic carbocycles. The first-order valence-corrected chi connectivity index (χ1v) is 4.98. The second-order valence-corrected chi connectivity index (χ2v) is 4.72. The van der Waals surface area contributed by atoms with Crippen molar-refractivity contribution < 1.29 is 0 Å². The molecule has 14 heavy (non-hydrogen) atoms. The number of anilines is 1. The molecule has 2 nitrogen and oxygen atoms in total. The summed E-state index contributed by atoms with van der Waals surface area (Å²) in [4.78, 5) is 0. The van der Waals surface area contributed by atoms with Crippen LogP contribution in [0.25, 0.3) is 0 Å². The molecule has 0 heterocycles. The van der Waals surface area contributed by atoms with Crippen LogP contribution in [0.15, 0.2) is 24.3 Å². The number of rotatable bonds is 2. The van der Waals surface area contributed by atoms with Gasteiger partial charge in [-0.1, -0.05) is 32.9 Å². The summed E-state index contributed by atoms with van der Waals surface area (Å²) in [7, 11) is 1.92. The lowest BCUT2D eigenvalue weighted by Gasteiger charge is -2.27. The molecule has 0 aliphatic rings. The van der Waals surface area contributed by atoms with Crippen molar-refractivity contribution in [1.82, 2.24) is 0 Å². The Balaban J connectivity index is 2.95. The van der Waals surface area contributed by atoms with Gasteiger partial charge in [-0.15, -0.1) is 0 Å². The summed E-state index contributed by atoms with van der Waals surface area (Å²) >= 11 is 0. The standard InChI is InChI=1S/C12H20N2/c1-12(2,3)11(13)9-6-5-7-10(8-9)14-4/h5-8,11,14H,13H2,1-4H3. The van der Waals surface area contributed by atoms with Gasteiger partial charge in [0.2, 0.25) is 0 Å². The minimum absolute atomic E-state index is 0.0794. The first-order chi connectivity index (χ1) is 6.45. The molecule has 1 rings (SSSR count). The molecule has 1 aromatic carbocycles. The van der Waals surface area contributed by atoms with Crippen LogP contribution in [-0.4, -0.2) is 7.05 Å². The van der Waals surface area contributed by atoms with Gasteiger partial charge in [0, 0.05) is 18.8 Å². The minimum atomic E-state index is 0.0794. The minimum Gasteiger partial charge on any atom is -0.388 e. The predicted octanol–water partition coefficient (Wildman–Crippen LogP) is 2.77. The Bertz CT molecular complexity index is 299. The molecule has 78 valence electrons. The molecule has 1 unspecified atom stereocenters. The van der Waals surface area contributed by atoms with Crippen LogP contribution in [0.1, 0.15) is 32.4 Å². The average molecular weight is 192 g/mol. The van der Waals surface area contributed by atoms with E-state index < -0.39 is 0 Å². The van der Waals surface area contributed by atoms with E-state index in [1.54, 1.807) is 0 Å². The number of nitrogens with one attached hydrogen (secondary N) is 1. The van der Waals surface area contributed by atoms with Gasteiger partial charge >= 0.3 is 0 Å². The van der Waals surface area contributed by atoms with Crippen molar-refractivity contribution in [2.75, 3.05) is 12.4 Å². The molecule has 0 saturated carbocycles. The van der Waals surface area contributed by atoms with Crippen LogP contribution in [-0.2, 0) is 0 Å². The Morgan fingerprint density at radius 2 is 1.93 bits per heavy atom. The molecule has 0 radical (unpaired) electrons. The van der Waals surface area contributed by atoms with Crippen LogP contribution < -0.4 is 11.1 Å². The third kappa shape index (κ3) is 2.48. The fourth-order valence-corrected chi connectivity index (χ4v) is 1.39. The summed E-state index contributed by atoms with van der Waals surface area (Å²) in [5.41, 5.74) is 8.57. The summed E-state index contributed by atoms with van der Waals surface area (Å²) in [6, 6.07) is 8.34. The summed E-state index contributed by atoms with van der Waals surface area (Å²) in [6.07, 6.45) is 0. The van der Waals surface area contributed by atoms with Gasteiger partial charge < -0.3 is 11.1 Å². The maximum atomic E-state index is 6.17. The van der Waals surface area contributed by atoms with E-state index in [-0.39, 0.29) is 11.5 Å². The zero-order valence-corrected chi connectivity index (χ0v) is 9.46. The van der Waals surface area contributed by atoms with E-state index >= 15 is 0 Å². The van der Waals surface area contributed by atoms with Crippen LogP contribution in [0, 0.1) is 5.41 Å². The van der Waals surface area contributed by atoms with Crippen LogP contribution in [0.5, 0.6) is 0 Å². The zero-order chi connectivity index (χ0) is 10.8. The van der Waals surface area contributed by atoms with Crippen molar-refractivity contribution in [3.63, 3.8) is 0 Å². The van der Waals surface area contributed by atoms with Crippen molar-refractivity contribution >= 4 is 5.69 Å². The van der Waals surface area contributed by atoms with Crippen LogP contribution in [0.3, 0.4) is 0 Å². The van der Waals surface area contributed by atoms with Crippen molar-refractivity contribution in [2.45, 2.75) is 26.8 Å². The zero-order valence-electron chi connectivity index (χ0n) is 9.46. The molecule has 1 aromatic rings. The van der Waals surface area contributed by atoms with Crippen molar-refractivity contribution in [3.8, 4) is 0 Å². The first kappa shape index (κ1) is 11.1. The third-order valence-electron chi connectivity index (χ3n) is 2.47. The molecule has 0 amide bonds. The van der Waals surface area contributed by atoms with Crippen LogP contribution in [0.4, 0.5) is 5.69 Å². The highest BCUT2D eigenvalue weighted by atomic mass is 14.8. The Kier molecular flexibility index (Phi) is 3.17. The molecule has 0 bridgehead atoms. The van der Waals surface area contributed by atoms with Gasteiger partial charge in [0.15, 0.2) is 0 Å². The lowest BCUT2D eigenvalue weighted by Crippen LogP contribution is -2.26. The smallest absolute Gasteiger partial charge is 0.0344 e. The van der Waals surface area contributed by atoms with E-state index in [9.17, 15) is 0 Å². The molecule has 2 heteroatoms. The molecule has 0 aromatic heterocycles. The normalized spacial score (nSPS) is 13.8. The van der Waals surface area contributed by atoms with Gasteiger partial charge in [0.1, 0.15) is 0 Å². The van der Waals surface area contributed by atoms with Crippen molar-refractivity contribution in [3.05, 3.63) is 29.8 Å². The molecule has 0 aliphatic heterocycles. The quantitative estimate of drug-likeness (QED) is 0.756. The molecule has 0 saturated heterocycles. The third-order valence-corrected chi connectivity index (χ3v) is 2.47. The summed E-state index contributed by atoms with van der Waals surface area (Å²) in [6.45, 7) is 6.47. The highest BCUT2D eigenvalue weighted by Crippen LogP contribution is 2.31. The largest absolute Gasteiger partial charge is 0.388 e. The molecule has 1 atom stereocenters. The highest BCUT2D eigenvalue weighted by molar-refractivity contribution is 5.46. The Hall–Kier alpha value is -1.02. The lowest BCUT2D eigenvalue weighted by atomic mass is 9.83. The molecular formula is C12H20N2. The fraction of sp³-hybridized carbons (Fsp3) is 0.500. The second kappa shape index (κ2) is 4.01. The number of nitrogens with two attached hydrogens (primary N) is 1. The van der Waals surface area contributed by atoms with Crippen molar-refractivity contribution in [2.24, 2.45) is 11.1 Å². The summed E-state index contributed by atoms with van der Waals surface area (Å²) in [5.74, 6) is 0. The highest BCUT2D eigenvalue weighted by Gasteiger charge is 2.22. The maximum Gasteiger partial charge on any atom is 0.0344 e. The van der Waals surface area contributed by atoms with E-state index in [1.165, 1.54) is 5.56 Å². The van der Waals surface area contributed by atoms with Gasteiger partial charge in [0.05, 0.1) is 0 Å². The van der Waals surface area contributed by atoms with Crippen molar-refractivity contribution in [1.29, 1.82) is 0 Å². The summed E-state index contributed by atoms with van der Waals surface area (Å²) in [5, 5.41) is 3.12. The number of benzene rings is 1. The Labute approximate surface area is 86.5 Å². The molecular weight excluding hydrogens is 172 g/mol. The summed E-state index contributed by atoms with van der Waals surface area (Å²) < 4.78 is 0. The lowest BCUT2D eigenvalue weighted by molar-refractivity contribution is 0.327. The van der Waals surface area contributed by atoms with E-state index in [2.05, 4.69) is 38.2 Å². The Morgan fingerprint density at radius 1 is 1.29 bits per heavy atom. The molecule has 0 fully saturated rings. The van der Waals surface area contributed by atoms with Gasteiger partial charge in [-0.05, 0) is 23.1 Å². The Morgan fingerprint density at radius 3 is 2.43 bits per heavy atom. The van der Waals surface area contributed by atoms with Crippen LogP contribution in [0.2, 0.25) is 0 Å². The van der Waals surface area contributed by atoms with E-state index in [0.717, 1.165) is 5.69 Å². The van der Waals surface area contributed by atoms with Gasteiger partial charge in [-0.3, -0.25) is 0 Å². The fourth-order valence-electron chi connectivity index (χ4n) is 1.39. The van der Waals surface area contributed by atoms with E-state index in [0.29, 0.717) is 0 Å². The maximum absolute atomic E-state index is 6.17. The van der Waals surface area contributed by atoms with Crippen LogP contribution >= 0.6 is 0 Å². The van der Waals surface area contributed by atoms with Gasteiger partial charge in [-0.25, -0.2) is 0 Å². The second-order valence-electron chi connectivity index (χ2n) is 4.72. The van der Waals surface area contributed by atoms with E-state index in [1.807, 2.05) is 19.2 Å². The SMILES string of the molecule is CNc1cccc(C(N)C(C)(C)C)c1. The topological polar surface area (TPSA) is 38.0 Å². The molecule has 0 spiro atoms. The average Bonchev–Trinajstić information content (AvgIpc) is 2.15. The molecule has 3 N–H and O–H groups in total. The number of hydrogen-bond acceptors (Lipinski definition) is 2. The van der Waals surface area contributed by atoms with Gasteiger partial charge in [0.25, 0.3) is 0 Å². The first-order valence-electron chi connectivity index (χ1n) is 4.98. The van der Waals surface area contributed by atoms with E-state index in [4.69, 9.17) is 5.73 Å². The monoisotopic (exact) mass is 192 g/mol. The van der Waals surface area contributed by atoms with Gasteiger partial charge in [-0.2, -0.15) is 0 Å².